The molecule has 0 amide bonds. The highest BCUT2D eigenvalue weighted by Crippen LogP contribution is 2.56. The van der Waals surface area contributed by atoms with Crippen LogP contribution in [0.5, 0.6) is 0 Å². The van der Waals surface area contributed by atoms with Crippen LogP contribution in [0.3, 0.4) is 0 Å². The van der Waals surface area contributed by atoms with Crippen LogP contribution in [0.4, 0.5) is 18.9 Å². The van der Waals surface area contributed by atoms with Crippen LogP contribution < -0.4 is 4.90 Å². The number of aromatic nitrogens is 4. The highest BCUT2D eigenvalue weighted by Gasteiger charge is 2.45. The van der Waals surface area contributed by atoms with Gasteiger partial charge in [0.1, 0.15) is 11.5 Å². The van der Waals surface area contributed by atoms with Gasteiger partial charge in [-0.15, -0.1) is 10.2 Å². The lowest BCUT2D eigenvalue weighted by atomic mass is 9.63. The molecular weight excluding hydrogens is 523 g/mol. The molecule has 4 heterocycles. The Kier molecular flexibility index (Phi) is 5.48. The maximum Gasteiger partial charge on any atom is 0.417 e. The molecule has 1 spiro atoms. The Morgan fingerprint density at radius 3 is 2.58 bits per heavy atom. The van der Waals surface area contributed by atoms with Crippen LogP contribution in [-0.2, 0) is 6.18 Å². The second-order valence-electron chi connectivity index (χ2n) is 10.9. The lowest BCUT2D eigenvalue weighted by Gasteiger charge is -2.47. The second-order valence-corrected chi connectivity index (χ2v) is 10.9. The standard InChI is InChI=1S/C29H24F3N5O3/c30-29(31,32)21-5-8-33-15-20(21)25-24(26(40-36-25)16-1-2-16)18-13-28(14-18)6-9-37(10-7-28)19-4-3-17-11-23(27(38)39)35-34-22(17)12-19/h3-5,8,11-13,15-16H,1-2,6-7,9-10,14H2,(H,38,39). The molecule has 1 saturated carbocycles. The van der Waals surface area contributed by atoms with Gasteiger partial charge in [0.15, 0.2) is 5.69 Å². The predicted octanol–water partition coefficient (Wildman–Crippen LogP) is 6.35. The smallest absolute Gasteiger partial charge is 0.417 e. The van der Waals surface area contributed by atoms with Gasteiger partial charge in [-0.1, -0.05) is 17.3 Å². The van der Waals surface area contributed by atoms with Crippen LogP contribution in [0, 0.1) is 5.41 Å². The molecule has 1 saturated heterocycles. The number of aromatic carboxylic acids is 1. The Hall–Kier alpha value is -4.28. The maximum atomic E-state index is 13.8. The number of fused-ring (bicyclic) bond motifs is 1. The summed E-state index contributed by atoms with van der Waals surface area (Å²) in [5.41, 5.74) is 2.65. The van der Waals surface area contributed by atoms with E-state index in [1.54, 1.807) is 0 Å². The average Bonchev–Trinajstić information content (AvgIpc) is 3.69. The summed E-state index contributed by atoms with van der Waals surface area (Å²) in [5, 5.41) is 21.9. The summed E-state index contributed by atoms with van der Waals surface area (Å²) in [6.45, 7) is 1.62. The van der Waals surface area contributed by atoms with Crippen LogP contribution in [0.15, 0.2) is 53.3 Å². The zero-order chi connectivity index (χ0) is 27.6. The number of rotatable bonds is 5. The van der Waals surface area contributed by atoms with E-state index in [9.17, 15) is 18.0 Å². The van der Waals surface area contributed by atoms with Gasteiger partial charge in [0.2, 0.25) is 0 Å². The zero-order valence-electron chi connectivity index (χ0n) is 21.3. The van der Waals surface area contributed by atoms with Gasteiger partial charge in [-0.3, -0.25) is 4.98 Å². The van der Waals surface area contributed by atoms with E-state index >= 15 is 0 Å². The van der Waals surface area contributed by atoms with E-state index in [2.05, 4.69) is 31.3 Å². The zero-order valence-corrected chi connectivity index (χ0v) is 21.3. The first-order valence-corrected chi connectivity index (χ1v) is 13.2. The third kappa shape index (κ3) is 4.20. The van der Waals surface area contributed by atoms with Gasteiger partial charge in [-0.25, -0.2) is 4.79 Å². The Balaban J connectivity index is 1.14. The molecule has 2 fully saturated rings. The molecule has 0 unspecified atom stereocenters. The molecule has 2 aliphatic carbocycles. The Labute approximate surface area is 226 Å². The van der Waals surface area contributed by atoms with Gasteiger partial charge in [-0.2, -0.15) is 13.2 Å². The van der Waals surface area contributed by atoms with Crippen LogP contribution in [0.1, 0.15) is 65.4 Å². The molecule has 1 aromatic carbocycles. The third-order valence-corrected chi connectivity index (χ3v) is 8.31. The summed E-state index contributed by atoms with van der Waals surface area (Å²) in [5.74, 6) is -0.227. The number of allylic oxidation sites excluding steroid dienone is 2. The van der Waals surface area contributed by atoms with Crippen molar-refractivity contribution < 1.29 is 27.6 Å². The number of pyridine rings is 1. The lowest BCUT2D eigenvalue weighted by molar-refractivity contribution is -0.137. The first kappa shape index (κ1) is 24.7. The minimum atomic E-state index is -4.52. The molecule has 1 aliphatic heterocycles. The van der Waals surface area contributed by atoms with Gasteiger partial charge < -0.3 is 14.5 Å². The summed E-state index contributed by atoms with van der Waals surface area (Å²) in [6.07, 6.45) is 4.52. The summed E-state index contributed by atoms with van der Waals surface area (Å²) in [7, 11) is 0. The van der Waals surface area contributed by atoms with Crippen molar-refractivity contribution in [3.63, 3.8) is 0 Å². The number of nitrogens with zero attached hydrogens (tertiary/aromatic N) is 5. The Morgan fingerprint density at radius 2 is 1.88 bits per heavy atom. The van der Waals surface area contributed by atoms with Crippen molar-refractivity contribution in [1.29, 1.82) is 0 Å². The molecular formula is C29H24F3N5O3. The molecule has 11 heteroatoms. The number of carboxylic acids is 1. The number of carbonyl (C=O) groups is 1. The van der Waals surface area contributed by atoms with E-state index in [0.717, 1.165) is 74.1 Å². The fourth-order valence-electron chi connectivity index (χ4n) is 5.99. The van der Waals surface area contributed by atoms with E-state index in [0.29, 0.717) is 16.8 Å². The number of hydrogen-bond acceptors (Lipinski definition) is 7. The Bertz CT molecular complexity index is 1680. The van der Waals surface area contributed by atoms with Crippen LogP contribution in [0.25, 0.3) is 27.7 Å². The molecule has 8 nitrogen and oxygen atoms in total. The van der Waals surface area contributed by atoms with Crippen molar-refractivity contribution in [2.75, 3.05) is 18.0 Å². The van der Waals surface area contributed by atoms with Crippen molar-refractivity contribution in [1.82, 2.24) is 20.3 Å². The SMILES string of the molecule is O=C(O)c1cc2ccc(N3CCC4(C=C(c5c(-c6cnccc6C(F)(F)F)noc5C5CC5)C4)CC3)cc2nn1. The first-order chi connectivity index (χ1) is 19.2. The molecule has 0 atom stereocenters. The fraction of sp³-hybridized carbons (Fsp3) is 0.345. The van der Waals surface area contributed by atoms with Crippen LogP contribution in [0.2, 0.25) is 0 Å². The largest absolute Gasteiger partial charge is 0.476 e. The summed E-state index contributed by atoms with van der Waals surface area (Å²) in [4.78, 5) is 17.4. The van der Waals surface area contributed by atoms with E-state index in [-0.39, 0.29) is 28.3 Å². The third-order valence-electron chi connectivity index (χ3n) is 8.31. The number of hydrogen-bond donors (Lipinski definition) is 1. The predicted molar refractivity (Wildman–Crippen MR) is 140 cm³/mol. The molecule has 40 heavy (non-hydrogen) atoms. The molecule has 0 radical (unpaired) electrons. The summed E-state index contributed by atoms with van der Waals surface area (Å²) < 4.78 is 47.1. The van der Waals surface area contributed by atoms with E-state index < -0.39 is 17.7 Å². The van der Waals surface area contributed by atoms with E-state index in [1.807, 2.05) is 18.2 Å². The van der Waals surface area contributed by atoms with Crippen molar-refractivity contribution in [2.45, 2.75) is 44.2 Å². The molecule has 7 rings (SSSR count). The number of anilines is 1. The molecule has 204 valence electrons. The molecule has 3 aromatic heterocycles. The summed E-state index contributed by atoms with van der Waals surface area (Å²) >= 11 is 0. The topological polar surface area (TPSA) is 105 Å². The van der Waals surface area contributed by atoms with Crippen molar-refractivity contribution in [2.24, 2.45) is 5.41 Å². The van der Waals surface area contributed by atoms with Crippen molar-refractivity contribution in [3.05, 3.63) is 71.4 Å². The van der Waals surface area contributed by atoms with Crippen LogP contribution in [-0.4, -0.2) is 44.5 Å². The number of halogens is 3. The summed E-state index contributed by atoms with van der Waals surface area (Å²) in [6, 6.07) is 8.25. The van der Waals surface area contributed by atoms with Gasteiger partial charge in [0.05, 0.1) is 11.1 Å². The van der Waals surface area contributed by atoms with Gasteiger partial charge in [0, 0.05) is 53.6 Å². The molecule has 3 aliphatic rings. The number of benzene rings is 1. The quantitative estimate of drug-likeness (QED) is 0.308. The molecule has 4 aromatic rings. The van der Waals surface area contributed by atoms with Crippen molar-refractivity contribution >= 4 is 28.1 Å². The minimum Gasteiger partial charge on any atom is -0.476 e. The fourth-order valence-corrected chi connectivity index (χ4v) is 5.99. The van der Waals surface area contributed by atoms with Crippen molar-refractivity contribution in [3.8, 4) is 11.3 Å². The number of carboxylic acid groups (broad SMARTS) is 1. The monoisotopic (exact) mass is 547 g/mol. The van der Waals surface area contributed by atoms with E-state index in [4.69, 9.17) is 9.63 Å². The highest BCUT2D eigenvalue weighted by atomic mass is 19.4. The number of alkyl halides is 3. The Morgan fingerprint density at radius 1 is 1.10 bits per heavy atom. The normalized spacial score (nSPS) is 18.6. The second kappa shape index (κ2) is 8.87. The van der Waals surface area contributed by atoms with E-state index in [1.165, 1.54) is 12.3 Å². The molecule has 1 N–H and O–H groups in total. The molecule has 0 bridgehead atoms. The maximum absolute atomic E-state index is 13.8. The lowest BCUT2D eigenvalue weighted by Crippen LogP contribution is -2.42. The average molecular weight is 548 g/mol. The first-order valence-electron chi connectivity index (χ1n) is 13.2. The van der Waals surface area contributed by atoms with Gasteiger partial charge in [0.25, 0.3) is 0 Å². The van der Waals surface area contributed by atoms with Gasteiger partial charge >= 0.3 is 12.1 Å². The van der Waals surface area contributed by atoms with Gasteiger partial charge in [-0.05, 0) is 67.4 Å². The van der Waals surface area contributed by atoms with Crippen LogP contribution >= 0.6 is 0 Å². The highest BCUT2D eigenvalue weighted by molar-refractivity contribution is 5.91. The minimum absolute atomic E-state index is 0.0178. The number of piperidine rings is 1.